The molecule has 0 fully saturated rings. The van der Waals surface area contributed by atoms with Gasteiger partial charge in [0, 0.05) is 33.0 Å². The fraction of sp³-hybridized carbons (Fsp3) is 0.0645. The fourth-order valence-electron chi connectivity index (χ4n) is 4.51. The second-order valence-corrected chi connectivity index (χ2v) is 10.7. The number of nitrogen functional groups attached to an aromatic ring is 1. The van der Waals surface area contributed by atoms with Crippen molar-refractivity contribution in [3.8, 4) is 45.1 Å². The molecule has 1 amide bonds. The molecule has 40 heavy (non-hydrogen) atoms. The molecule has 3 aromatic carbocycles. The molecule has 198 valence electrons. The number of hydrogen-bond acceptors (Lipinski definition) is 8. The molecule has 0 bridgehead atoms. The van der Waals surface area contributed by atoms with Crippen LogP contribution in [0.25, 0.3) is 43.9 Å². The fourth-order valence-corrected chi connectivity index (χ4v) is 6.24. The number of fused-ring (bicyclic) bond motifs is 1. The van der Waals surface area contributed by atoms with Crippen LogP contribution in [-0.4, -0.2) is 30.1 Å². The number of aromatic nitrogens is 2. The third-order valence-electron chi connectivity index (χ3n) is 6.47. The van der Waals surface area contributed by atoms with Gasteiger partial charge in [0.25, 0.3) is 5.91 Å². The molecule has 0 aliphatic carbocycles. The number of methoxy groups -OCH3 is 2. The Morgan fingerprint density at radius 2 is 1.52 bits per heavy atom. The molecular formula is C31H24N4O3S2. The first kappa shape index (κ1) is 25.5. The average Bonchev–Trinajstić information content (AvgIpc) is 3.61. The van der Waals surface area contributed by atoms with E-state index in [1.54, 1.807) is 14.2 Å². The number of thiazole rings is 1. The van der Waals surface area contributed by atoms with Gasteiger partial charge in [0.2, 0.25) is 0 Å². The van der Waals surface area contributed by atoms with Gasteiger partial charge < -0.3 is 15.2 Å². The van der Waals surface area contributed by atoms with Gasteiger partial charge in [0.1, 0.15) is 21.2 Å². The summed E-state index contributed by atoms with van der Waals surface area (Å²) in [5, 5.41) is 6.02. The molecule has 0 atom stereocenters. The SMILES string of the molecule is COc1ccc(OC)c(-c2cc(-c3ccccc3)nc3sc(C(=O)Nc4nc(-c5ccccc5)cs4)c(N)c23)c1. The molecule has 0 saturated carbocycles. The molecule has 0 aliphatic heterocycles. The normalized spacial score (nSPS) is 10.9. The van der Waals surface area contributed by atoms with Crippen LogP contribution in [0.1, 0.15) is 9.67 Å². The van der Waals surface area contributed by atoms with Gasteiger partial charge in [-0.3, -0.25) is 10.1 Å². The summed E-state index contributed by atoms with van der Waals surface area (Å²) >= 11 is 2.62. The van der Waals surface area contributed by atoms with Crippen molar-refractivity contribution in [3.05, 3.63) is 95.2 Å². The molecule has 6 aromatic rings. The predicted molar refractivity (Wildman–Crippen MR) is 164 cm³/mol. The summed E-state index contributed by atoms with van der Waals surface area (Å²) in [7, 11) is 3.24. The number of pyridine rings is 1. The van der Waals surface area contributed by atoms with E-state index in [-0.39, 0.29) is 5.91 Å². The number of rotatable bonds is 7. The Hall–Kier alpha value is -4.73. The monoisotopic (exact) mass is 564 g/mol. The second kappa shape index (κ2) is 10.8. The molecule has 0 saturated heterocycles. The molecule has 6 rings (SSSR count). The molecule has 0 radical (unpaired) electrons. The molecule has 7 nitrogen and oxygen atoms in total. The van der Waals surface area contributed by atoms with E-state index in [4.69, 9.17) is 20.2 Å². The molecular weight excluding hydrogens is 541 g/mol. The van der Waals surface area contributed by atoms with Crippen molar-refractivity contribution in [1.29, 1.82) is 0 Å². The number of benzene rings is 3. The van der Waals surface area contributed by atoms with Gasteiger partial charge >= 0.3 is 0 Å². The predicted octanol–water partition coefficient (Wildman–Crippen LogP) is 7.61. The number of amides is 1. The maximum atomic E-state index is 13.5. The Morgan fingerprint density at radius 1 is 0.825 bits per heavy atom. The zero-order valence-electron chi connectivity index (χ0n) is 21.7. The van der Waals surface area contributed by atoms with E-state index in [1.807, 2.05) is 90.3 Å². The summed E-state index contributed by atoms with van der Waals surface area (Å²) in [5.74, 6) is 0.992. The molecule has 0 unspecified atom stereocenters. The number of thiophene rings is 1. The second-order valence-electron chi connectivity index (χ2n) is 8.87. The molecule has 3 aromatic heterocycles. The topological polar surface area (TPSA) is 99.4 Å². The van der Waals surface area contributed by atoms with E-state index in [1.165, 1.54) is 22.7 Å². The molecule has 0 spiro atoms. The van der Waals surface area contributed by atoms with Gasteiger partial charge in [0.05, 0.1) is 31.3 Å². The van der Waals surface area contributed by atoms with E-state index in [9.17, 15) is 4.79 Å². The molecule has 3 N–H and O–H groups in total. The van der Waals surface area contributed by atoms with E-state index in [0.29, 0.717) is 37.4 Å². The Balaban J connectivity index is 1.46. The van der Waals surface area contributed by atoms with Crippen molar-refractivity contribution in [3.63, 3.8) is 0 Å². The van der Waals surface area contributed by atoms with Crippen LogP contribution in [0.2, 0.25) is 0 Å². The number of nitrogens with one attached hydrogen (secondary N) is 1. The van der Waals surface area contributed by atoms with Crippen molar-refractivity contribution < 1.29 is 14.3 Å². The van der Waals surface area contributed by atoms with E-state index < -0.39 is 0 Å². The van der Waals surface area contributed by atoms with Gasteiger partial charge in [-0.05, 0) is 24.3 Å². The standard InChI is InChI=1S/C31H24N4O3S2/c1-37-20-13-14-25(38-2)21(15-20)22-16-23(18-9-5-3-6-10-18)33-30-26(22)27(32)28(40-30)29(36)35-31-34-24(17-39-31)19-11-7-4-8-12-19/h3-17H,32H2,1-2H3,(H,34,35,36). The Morgan fingerprint density at radius 3 is 2.20 bits per heavy atom. The van der Waals surface area contributed by atoms with Crippen LogP contribution in [0.4, 0.5) is 10.8 Å². The minimum atomic E-state index is -0.334. The Kier molecular flexibility index (Phi) is 6.90. The number of ether oxygens (including phenoxy) is 2. The lowest BCUT2D eigenvalue weighted by Crippen LogP contribution is -2.11. The lowest BCUT2D eigenvalue weighted by Gasteiger charge is -2.13. The number of nitrogens with zero attached hydrogens (tertiary/aromatic N) is 2. The van der Waals surface area contributed by atoms with Crippen LogP contribution < -0.4 is 20.5 Å². The highest BCUT2D eigenvalue weighted by molar-refractivity contribution is 7.21. The number of carbonyl (C=O) groups is 1. The van der Waals surface area contributed by atoms with Crippen LogP contribution in [0, 0.1) is 0 Å². The Bertz CT molecular complexity index is 1830. The highest BCUT2D eigenvalue weighted by Crippen LogP contribution is 2.45. The van der Waals surface area contributed by atoms with Crippen molar-refractivity contribution in [2.75, 3.05) is 25.3 Å². The minimum absolute atomic E-state index is 0.334. The summed E-state index contributed by atoms with van der Waals surface area (Å²) in [5.41, 5.74) is 12.1. The van der Waals surface area contributed by atoms with Crippen LogP contribution >= 0.6 is 22.7 Å². The maximum absolute atomic E-state index is 13.5. The van der Waals surface area contributed by atoms with Crippen LogP contribution in [0.15, 0.2) is 90.3 Å². The van der Waals surface area contributed by atoms with Crippen molar-refractivity contribution >= 4 is 49.6 Å². The van der Waals surface area contributed by atoms with Crippen molar-refractivity contribution in [2.24, 2.45) is 0 Å². The Labute approximate surface area is 238 Å². The van der Waals surface area contributed by atoms with Gasteiger partial charge in [0.15, 0.2) is 5.13 Å². The number of carbonyl (C=O) groups excluding carboxylic acids is 1. The summed E-state index contributed by atoms with van der Waals surface area (Å²) in [6.45, 7) is 0. The lowest BCUT2D eigenvalue weighted by atomic mass is 9.98. The van der Waals surface area contributed by atoms with Gasteiger partial charge in [-0.15, -0.1) is 22.7 Å². The summed E-state index contributed by atoms with van der Waals surface area (Å²) in [4.78, 5) is 24.0. The first-order chi connectivity index (χ1) is 19.6. The zero-order chi connectivity index (χ0) is 27.6. The van der Waals surface area contributed by atoms with Gasteiger partial charge in [-0.1, -0.05) is 60.7 Å². The average molecular weight is 565 g/mol. The summed E-state index contributed by atoms with van der Waals surface area (Å²) < 4.78 is 11.2. The van der Waals surface area contributed by atoms with Crippen molar-refractivity contribution in [2.45, 2.75) is 0 Å². The highest BCUT2D eigenvalue weighted by atomic mass is 32.1. The largest absolute Gasteiger partial charge is 0.497 e. The van der Waals surface area contributed by atoms with Gasteiger partial charge in [-0.25, -0.2) is 9.97 Å². The number of hydrogen-bond donors (Lipinski definition) is 2. The van der Waals surface area contributed by atoms with E-state index >= 15 is 0 Å². The van der Waals surface area contributed by atoms with E-state index in [0.717, 1.165) is 33.6 Å². The lowest BCUT2D eigenvalue weighted by molar-refractivity contribution is 0.103. The maximum Gasteiger partial charge on any atom is 0.269 e. The number of anilines is 2. The summed E-state index contributed by atoms with van der Waals surface area (Å²) in [6.07, 6.45) is 0. The zero-order valence-corrected chi connectivity index (χ0v) is 23.3. The molecule has 9 heteroatoms. The van der Waals surface area contributed by atoms with Gasteiger partial charge in [-0.2, -0.15) is 0 Å². The van der Waals surface area contributed by atoms with Crippen LogP contribution in [0.3, 0.4) is 0 Å². The highest BCUT2D eigenvalue weighted by Gasteiger charge is 2.24. The first-order valence-corrected chi connectivity index (χ1v) is 14.1. The number of nitrogens with two attached hydrogens (primary N) is 1. The summed E-state index contributed by atoms with van der Waals surface area (Å²) in [6, 6.07) is 27.3. The quantitative estimate of drug-likeness (QED) is 0.207. The molecule has 3 heterocycles. The van der Waals surface area contributed by atoms with Crippen LogP contribution in [-0.2, 0) is 0 Å². The van der Waals surface area contributed by atoms with E-state index in [2.05, 4.69) is 10.3 Å². The van der Waals surface area contributed by atoms with Crippen molar-refractivity contribution in [1.82, 2.24) is 9.97 Å². The first-order valence-electron chi connectivity index (χ1n) is 12.4. The molecule has 0 aliphatic rings. The third-order valence-corrected chi connectivity index (χ3v) is 8.32. The smallest absolute Gasteiger partial charge is 0.269 e. The minimum Gasteiger partial charge on any atom is -0.497 e. The van der Waals surface area contributed by atoms with Crippen LogP contribution in [0.5, 0.6) is 11.5 Å². The third kappa shape index (κ3) is 4.76.